The smallest absolute Gasteiger partial charge is 0.419 e. The summed E-state index contributed by atoms with van der Waals surface area (Å²) in [5.74, 6) is 0.530. The molecule has 1 amide bonds. The minimum absolute atomic E-state index is 0.0517. The first-order chi connectivity index (χ1) is 29.2. The highest BCUT2D eigenvalue weighted by Gasteiger charge is 2.35. The van der Waals surface area contributed by atoms with Crippen molar-refractivity contribution in [3.05, 3.63) is 131 Å². The van der Waals surface area contributed by atoms with Crippen LogP contribution in [0.25, 0.3) is 44.6 Å². The van der Waals surface area contributed by atoms with E-state index in [4.69, 9.17) is 15.7 Å². The van der Waals surface area contributed by atoms with Crippen LogP contribution in [-0.2, 0) is 6.18 Å². The molecule has 0 unspecified atom stereocenters. The average Bonchev–Trinajstić information content (AvgIpc) is 3.88. The quantitative estimate of drug-likeness (QED) is 0.120. The summed E-state index contributed by atoms with van der Waals surface area (Å²) < 4.78 is 52.5. The lowest BCUT2D eigenvalue weighted by molar-refractivity contribution is -0.140. The van der Waals surface area contributed by atoms with E-state index in [1.54, 1.807) is 36.4 Å². The van der Waals surface area contributed by atoms with Gasteiger partial charge in [0, 0.05) is 54.6 Å². The number of anilines is 2. The number of nitrogens with one attached hydrogen (secondary N) is 1. The van der Waals surface area contributed by atoms with Gasteiger partial charge in [-0.05, 0) is 105 Å². The van der Waals surface area contributed by atoms with Crippen molar-refractivity contribution in [1.29, 1.82) is 0 Å². The summed E-state index contributed by atoms with van der Waals surface area (Å²) in [5.41, 5.74) is 9.36. The molecule has 15 heteroatoms. The second-order valence-corrected chi connectivity index (χ2v) is 15.4. The number of alkyl halides is 3. The van der Waals surface area contributed by atoms with Gasteiger partial charge in [0.2, 0.25) is 0 Å². The number of phenols is 2. The SMILES string of the molecule is Cc1ccc2c(N3CC[C@@H](N)C3)nc(-c3ccccc3O)nc2c1.Cc1ccc2c(N3CC[C@@H](NC(=O)c4ccc(C(F)(F)F)c(F)c4)C3)nc(-c3ccccc3O)nc2c1. The topological polar surface area (TPSA) is 154 Å². The molecule has 0 spiro atoms. The van der Waals surface area contributed by atoms with E-state index in [0.29, 0.717) is 65.8 Å². The van der Waals surface area contributed by atoms with Crippen LogP contribution < -0.4 is 20.9 Å². The van der Waals surface area contributed by atoms with Gasteiger partial charge in [-0.2, -0.15) is 13.2 Å². The van der Waals surface area contributed by atoms with Gasteiger partial charge in [0.25, 0.3) is 5.91 Å². The average molecular weight is 831 g/mol. The molecule has 61 heavy (non-hydrogen) atoms. The number of phenolic OH excluding ortho intramolecular Hbond substituents is 2. The van der Waals surface area contributed by atoms with Crippen LogP contribution >= 0.6 is 0 Å². The number of aromatic hydroxyl groups is 2. The molecule has 0 radical (unpaired) electrons. The number of aromatic nitrogens is 4. The Kier molecular flexibility index (Phi) is 11.2. The van der Waals surface area contributed by atoms with E-state index in [0.717, 1.165) is 58.8 Å². The fraction of sp³-hybridized carbons (Fsp3) is 0.239. The number of halogens is 4. The first kappa shape index (κ1) is 40.9. The van der Waals surface area contributed by atoms with Crippen molar-refractivity contribution in [2.24, 2.45) is 5.73 Å². The van der Waals surface area contributed by atoms with Crippen molar-refractivity contribution in [2.75, 3.05) is 36.0 Å². The number of amides is 1. The van der Waals surface area contributed by atoms with Crippen molar-refractivity contribution in [3.8, 4) is 34.3 Å². The van der Waals surface area contributed by atoms with Crippen molar-refractivity contribution >= 4 is 39.3 Å². The van der Waals surface area contributed by atoms with Crippen LogP contribution in [0.1, 0.15) is 39.9 Å². The Hall–Kier alpha value is -6.87. The highest BCUT2D eigenvalue weighted by Crippen LogP contribution is 2.36. The predicted octanol–water partition coefficient (Wildman–Crippen LogP) is 8.33. The third-order valence-electron chi connectivity index (χ3n) is 10.8. The summed E-state index contributed by atoms with van der Waals surface area (Å²) >= 11 is 0. The summed E-state index contributed by atoms with van der Waals surface area (Å²) in [7, 11) is 0. The van der Waals surface area contributed by atoms with Gasteiger partial charge in [0.1, 0.15) is 29.0 Å². The number of carbonyl (C=O) groups excluding carboxylic acids is 1. The van der Waals surface area contributed by atoms with Crippen molar-refractivity contribution < 1.29 is 32.6 Å². The van der Waals surface area contributed by atoms with E-state index < -0.39 is 23.5 Å². The number of nitrogens with zero attached hydrogens (tertiary/aromatic N) is 6. The van der Waals surface area contributed by atoms with Gasteiger partial charge >= 0.3 is 6.18 Å². The Morgan fingerprint density at radius 2 is 1.23 bits per heavy atom. The van der Waals surface area contributed by atoms with Gasteiger partial charge in [-0.25, -0.2) is 24.3 Å². The lowest BCUT2D eigenvalue weighted by atomic mass is 10.1. The molecule has 5 aromatic carbocycles. The number of rotatable bonds is 6. The van der Waals surface area contributed by atoms with Crippen LogP contribution in [0.2, 0.25) is 0 Å². The maximum absolute atomic E-state index is 13.9. The summed E-state index contributed by atoms with van der Waals surface area (Å²) in [6.07, 6.45) is -3.32. The van der Waals surface area contributed by atoms with Gasteiger partial charge in [0.15, 0.2) is 11.6 Å². The molecule has 2 fully saturated rings. The van der Waals surface area contributed by atoms with Crippen LogP contribution in [-0.4, -0.2) is 74.3 Å². The maximum Gasteiger partial charge on any atom is 0.419 e. The number of hydrogen-bond donors (Lipinski definition) is 4. The summed E-state index contributed by atoms with van der Waals surface area (Å²) in [4.78, 5) is 35.7. The molecule has 2 atom stereocenters. The molecule has 11 nitrogen and oxygen atoms in total. The number of aryl methyl sites for hydroxylation is 2. The molecule has 4 heterocycles. The predicted molar refractivity (Wildman–Crippen MR) is 227 cm³/mol. The molecule has 0 saturated carbocycles. The number of para-hydroxylation sites is 2. The molecular weight excluding hydrogens is 789 g/mol. The summed E-state index contributed by atoms with van der Waals surface area (Å²) in [5, 5.41) is 25.1. The highest BCUT2D eigenvalue weighted by molar-refractivity contribution is 5.95. The molecule has 312 valence electrons. The number of fused-ring (bicyclic) bond motifs is 2. The lowest BCUT2D eigenvalue weighted by Crippen LogP contribution is -2.37. The van der Waals surface area contributed by atoms with Crippen molar-refractivity contribution in [3.63, 3.8) is 0 Å². The minimum atomic E-state index is -4.83. The van der Waals surface area contributed by atoms with Gasteiger partial charge < -0.3 is 31.1 Å². The molecule has 2 aromatic heterocycles. The van der Waals surface area contributed by atoms with E-state index in [9.17, 15) is 32.6 Å². The van der Waals surface area contributed by atoms with Crippen LogP contribution in [0.5, 0.6) is 11.5 Å². The monoisotopic (exact) mass is 830 g/mol. The third kappa shape index (κ3) is 8.73. The fourth-order valence-corrected chi connectivity index (χ4v) is 7.70. The number of hydrogen-bond acceptors (Lipinski definition) is 10. The molecule has 2 saturated heterocycles. The minimum Gasteiger partial charge on any atom is -0.507 e. The Balaban J connectivity index is 0.000000184. The summed E-state index contributed by atoms with van der Waals surface area (Å²) in [6.45, 7) is 6.61. The first-order valence-electron chi connectivity index (χ1n) is 19.8. The first-order valence-corrected chi connectivity index (χ1v) is 19.8. The van der Waals surface area contributed by atoms with Crippen molar-refractivity contribution in [2.45, 2.75) is 44.9 Å². The zero-order valence-corrected chi connectivity index (χ0v) is 33.3. The number of carbonyl (C=O) groups is 1. The molecule has 0 bridgehead atoms. The third-order valence-corrected chi connectivity index (χ3v) is 10.8. The van der Waals surface area contributed by atoms with E-state index in [-0.39, 0.29) is 29.1 Å². The van der Waals surface area contributed by atoms with Crippen LogP contribution in [0.3, 0.4) is 0 Å². The van der Waals surface area contributed by atoms with Crippen LogP contribution in [0.4, 0.5) is 29.2 Å². The Morgan fingerprint density at radius 1 is 0.705 bits per heavy atom. The normalized spacial score (nSPS) is 16.5. The largest absolute Gasteiger partial charge is 0.507 e. The van der Waals surface area contributed by atoms with E-state index >= 15 is 0 Å². The molecule has 7 aromatic rings. The number of benzene rings is 5. The van der Waals surface area contributed by atoms with E-state index in [1.807, 2.05) is 49.1 Å². The zero-order valence-electron chi connectivity index (χ0n) is 33.3. The molecule has 2 aliphatic heterocycles. The van der Waals surface area contributed by atoms with E-state index in [1.165, 1.54) is 0 Å². The second kappa shape index (κ2) is 16.6. The molecule has 2 aliphatic rings. The standard InChI is InChI=1S/C27H22F4N4O2.C19H20N4O/c1-15-6-8-18-22(12-15)33-24(19-4-2-3-5-23(19)36)34-25(18)35-11-10-17(14-35)32-26(37)16-7-9-20(21(28)13-16)27(29,30)31;1-12-6-7-14-16(10-12)21-18(15-4-2-3-5-17(15)24)22-19(14)23-9-8-13(20)11-23/h2-9,12-13,17,36H,10-11,14H2,1H3,(H,32,37);2-7,10,13,24H,8-9,11,20H2,1H3/t17-;13-/m11/s1. The van der Waals surface area contributed by atoms with Gasteiger partial charge in [0.05, 0.1) is 27.7 Å². The van der Waals surface area contributed by atoms with Gasteiger partial charge in [-0.1, -0.05) is 36.4 Å². The fourth-order valence-electron chi connectivity index (χ4n) is 7.70. The second-order valence-electron chi connectivity index (χ2n) is 15.4. The van der Waals surface area contributed by atoms with Crippen molar-refractivity contribution in [1.82, 2.24) is 25.3 Å². The summed E-state index contributed by atoms with van der Waals surface area (Å²) in [6, 6.07) is 27.9. The van der Waals surface area contributed by atoms with Gasteiger partial charge in [-0.3, -0.25) is 4.79 Å². The van der Waals surface area contributed by atoms with Crippen LogP contribution in [0, 0.1) is 19.7 Å². The Bertz CT molecular complexity index is 2780. The molecule has 0 aliphatic carbocycles. The number of nitrogens with two attached hydrogens (primary N) is 1. The Labute approximate surface area is 348 Å². The van der Waals surface area contributed by atoms with Gasteiger partial charge in [-0.15, -0.1) is 0 Å². The van der Waals surface area contributed by atoms with E-state index in [2.05, 4.69) is 38.4 Å². The Morgan fingerprint density at radius 3 is 1.72 bits per heavy atom. The highest BCUT2D eigenvalue weighted by atomic mass is 19.4. The van der Waals surface area contributed by atoms with Crippen LogP contribution in [0.15, 0.2) is 103 Å². The zero-order chi connectivity index (χ0) is 43.0. The lowest BCUT2D eigenvalue weighted by Gasteiger charge is -2.21. The molecular formula is C46H42F4N8O3. The maximum atomic E-state index is 13.9. The molecule has 9 rings (SSSR count). The molecule has 5 N–H and O–H groups in total.